The maximum Gasteiger partial charge on any atom is 0.0993 e. The topological polar surface area (TPSA) is 93.0 Å². The van der Waals surface area contributed by atoms with Gasteiger partial charge >= 0.3 is 0 Å². The minimum absolute atomic E-state index is 0.249. The standard InChI is InChI=1S/C7H15NO4/c1-3(10)5-7(12)6(11)4(2-9)8-5/h3-12H,2H2,1H3/t3-,4-,5-,6-,7-/m1/s1. The van der Waals surface area contributed by atoms with Crippen LogP contribution in [0.4, 0.5) is 0 Å². The minimum Gasteiger partial charge on any atom is -0.395 e. The molecular weight excluding hydrogens is 162 g/mol. The number of aliphatic hydroxyl groups excluding tert-OH is 4. The van der Waals surface area contributed by atoms with Crippen molar-refractivity contribution >= 4 is 0 Å². The molecule has 1 aliphatic rings. The molecule has 1 saturated heterocycles. The van der Waals surface area contributed by atoms with Crippen molar-refractivity contribution in [1.82, 2.24) is 5.32 Å². The third kappa shape index (κ3) is 1.60. The van der Waals surface area contributed by atoms with E-state index in [9.17, 15) is 10.2 Å². The van der Waals surface area contributed by atoms with E-state index in [0.717, 1.165) is 0 Å². The Kier molecular flexibility index (Phi) is 3.03. The third-order valence-corrected chi connectivity index (χ3v) is 2.25. The predicted octanol–water partition coefficient (Wildman–Crippen LogP) is -2.58. The highest BCUT2D eigenvalue weighted by Crippen LogP contribution is 2.16. The molecule has 12 heavy (non-hydrogen) atoms. The van der Waals surface area contributed by atoms with Crippen molar-refractivity contribution in [2.24, 2.45) is 0 Å². The van der Waals surface area contributed by atoms with Gasteiger partial charge in [-0.2, -0.15) is 0 Å². The molecule has 0 saturated carbocycles. The number of aliphatic hydroxyl groups is 4. The van der Waals surface area contributed by atoms with Gasteiger partial charge in [0.05, 0.1) is 37.0 Å². The van der Waals surface area contributed by atoms with Crippen molar-refractivity contribution in [2.45, 2.75) is 37.3 Å². The van der Waals surface area contributed by atoms with Gasteiger partial charge in [0.1, 0.15) is 0 Å². The zero-order valence-corrected chi connectivity index (χ0v) is 6.88. The minimum atomic E-state index is -1.01. The first-order valence-corrected chi connectivity index (χ1v) is 3.99. The fourth-order valence-electron chi connectivity index (χ4n) is 1.48. The van der Waals surface area contributed by atoms with Gasteiger partial charge in [0.15, 0.2) is 0 Å². The highest BCUT2D eigenvalue weighted by Gasteiger charge is 2.42. The highest BCUT2D eigenvalue weighted by molar-refractivity contribution is 4.99. The second-order valence-electron chi connectivity index (χ2n) is 3.20. The Morgan fingerprint density at radius 1 is 1.33 bits per heavy atom. The van der Waals surface area contributed by atoms with Gasteiger partial charge < -0.3 is 25.7 Å². The lowest BCUT2D eigenvalue weighted by atomic mass is 10.1. The Morgan fingerprint density at radius 3 is 2.17 bits per heavy atom. The number of hydrogen-bond donors (Lipinski definition) is 5. The van der Waals surface area contributed by atoms with Crippen molar-refractivity contribution in [3.05, 3.63) is 0 Å². The van der Waals surface area contributed by atoms with Crippen molar-refractivity contribution in [3.63, 3.8) is 0 Å². The number of hydrogen-bond acceptors (Lipinski definition) is 5. The monoisotopic (exact) mass is 177 g/mol. The molecule has 1 aliphatic heterocycles. The van der Waals surface area contributed by atoms with E-state index in [1.165, 1.54) is 6.92 Å². The fraction of sp³-hybridized carbons (Fsp3) is 1.00. The predicted molar refractivity (Wildman–Crippen MR) is 41.5 cm³/mol. The second-order valence-corrected chi connectivity index (χ2v) is 3.20. The lowest BCUT2D eigenvalue weighted by Crippen LogP contribution is -2.42. The Bertz CT molecular complexity index is 152. The molecule has 5 nitrogen and oxygen atoms in total. The molecule has 0 unspecified atom stereocenters. The highest BCUT2D eigenvalue weighted by atomic mass is 16.3. The second kappa shape index (κ2) is 3.68. The van der Waals surface area contributed by atoms with Crippen LogP contribution >= 0.6 is 0 Å². The fourth-order valence-corrected chi connectivity index (χ4v) is 1.48. The van der Waals surface area contributed by atoms with E-state index >= 15 is 0 Å². The third-order valence-electron chi connectivity index (χ3n) is 2.25. The van der Waals surface area contributed by atoms with E-state index in [2.05, 4.69) is 5.32 Å². The van der Waals surface area contributed by atoms with Gasteiger partial charge in [-0.05, 0) is 6.92 Å². The van der Waals surface area contributed by atoms with Crippen molar-refractivity contribution in [3.8, 4) is 0 Å². The van der Waals surface area contributed by atoms with Gasteiger partial charge in [-0.1, -0.05) is 0 Å². The molecule has 0 aromatic heterocycles. The van der Waals surface area contributed by atoms with E-state index in [1.54, 1.807) is 0 Å². The average Bonchev–Trinajstić information content (AvgIpc) is 2.30. The lowest BCUT2D eigenvalue weighted by molar-refractivity contribution is 0.000848. The van der Waals surface area contributed by atoms with Crippen LogP contribution in [0.3, 0.4) is 0 Å². The van der Waals surface area contributed by atoms with Crippen LogP contribution in [0.5, 0.6) is 0 Å². The molecule has 1 rings (SSSR count). The zero-order valence-electron chi connectivity index (χ0n) is 6.88. The maximum absolute atomic E-state index is 9.35. The molecule has 0 aliphatic carbocycles. The quantitative estimate of drug-likeness (QED) is 0.319. The summed E-state index contributed by atoms with van der Waals surface area (Å²) in [4.78, 5) is 0. The van der Waals surface area contributed by atoms with Crippen LogP contribution in [0.15, 0.2) is 0 Å². The van der Waals surface area contributed by atoms with Gasteiger partial charge in [0.2, 0.25) is 0 Å². The first-order chi connectivity index (χ1) is 5.57. The van der Waals surface area contributed by atoms with Gasteiger partial charge in [-0.3, -0.25) is 0 Å². The van der Waals surface area contributed by atoms with Crippen molar-refractivity contribution in [2.75, 3.05) is 6.61 Å². The van der Waals surface area contributed by atoms with Crippen molar-refractivity contribution < 1.29 is 20.4 Å². The molecule has 1 heterocycles. The first-order valence-electron chi connectivity index (χ1n) is 3.99. The summed E-state index contributed by atoms with van der Waals surface area (Å²) in [5.74, 6) is 0. The van der Waals surface area contributed by atoms with E-state index in [1.807, 2.05) is 0 Å². The summed E-state index contributed by atoms with van der Waals surface area (Å²) < 4.78 is 0. The molecular formula is C7H15NO4. The summed E-state index contributed by atoms with van der Waals surface area (Å²) >= 11 is 0. The van der Waals surface area contributed by atoms with Gasteiger partial charge in [-0.25, -0.2) is 0 Å². The molecule has 5 atom stereocenters. The van der Waals surface area contributed by atoms with E-state index in [4.69, 9.17) is 10.2 Å². The van der Waals surface area contributed by atoms with Crippen LogP contribution in [-0.2, 0) is 0 Å². The smallest absolute Gasteiger partial charge is 0.0993 e. The van der Waals surface area contributed by atoms with E-state index < -0.39 is 30.4 Å². The number of rotatable bonds is 2. The van der Waals surface area contributed by atoms with Crippen molar-refractivity contribution in [1.29, 1.82) is 0 Å². The molecule has 5 heteroatoms. The van der Waals surface area contributed by atoms with E-state index in [-0.39, 0.29) is 6.61 Å². The Hall–Kier alpha value is -0.200. The molecule has 0 amide bonds. The largest absolute Gasteiger partial charge is 0.395 e. The van der Waals surface area contributed by atoms with Gasteiger partial charge in [-0.15, -0.1) is 0 Å². The molecule has 0 aromatic rings. The summed E-state index contributed by atoms with van der Waals surface area (Å²) in [6, 6.07) is -1.10. The zero-order chi connectivity index (χ0) is 9.30. The van der Waals surface area contributed by atoms with Crippen LogP contribution in [0.25, 0.3) is 0 Å². The normalized spacial score (nSPS) is 44.8. The molecule has 0 aromatic carbocycles. The van der Waals surface area contributed by atoms with Crippen LogP contribution in [-0.4, -0.2) is 57.4 Å². The average molecular weight is 177 g/mol. The van der Waals surface area contributed by atoms with Crippen LogP contribution < -0.4 is 5.32 Å². The molecule has 5 N–H and O–H groups in total. The Morgan fingerprint density at radius 2 is 1.92 bits per heavy atom. The Labute approximate surface area is 70.6 Å². The summed E-state index contributed by atoms with van der Waals surface area (Å²) in [6.07, 6.45) is -2.76. The molecule has 0 bridgehead atoms. The molecule has 72 valence electrons. The maximum atomic E-state index is 9.35. The summed E-state index contributed by atoms with van der Waals surface area (Å²) in [5, 5.41) is 39.3. The Balaban J connectivity index is 2.60. The molecule has 1 fully saturated rings. The summed E-state index contributed by atoms with van der Waals surface area (Å²) in [7, 11) is 0. The van der Waals surface area contributed by atoms with Gasteiger partial charge in [0, 0.05) is 0 Å². The van der Waals surface area contributed by atoms with E-state index in [0.29, 0.717) is 0 Å². The SMILES string of the molecule is C[C@@H](O)[C@H]1N[C@H](CO)[C@@H](O)[C@@H]1O. The van der Waals surface area contributed by atoms with Crippen LogP contribution in [0, 0.1) is 0 Å². The van der Waals surface area contributed by atoms with Gasteiger partial charge in [0.25, 0.3) is 0 Å². The van der Waals surface area contributed by atoms with Crippen LogP contribution in [0.1, 0.15) is 6.92 Å². The first kappa shape index (κ1) is 9.88. The lowest BCUT2D eigenvalue weighted by Gasteiger charge is -2.18. The number of nitrogens with one attached hydrogen (secondary N) is 1. The molecule has 0 radical (unpaired) electrons. The summed E-state index contributed by atoms with van der Waals surface area (Å²) in [6.45, 7) is 1.27. The van der Waals surface area contributed by atoms with Crippen LogP contribution in [0.2, 0.25) is 0 Å². The molecule has 0 spiro atoms. The summed E-state index contributed by atoms with van der Waals surface area (Å²) in [5.41, 5.74) is 0.